The predicted octanol–water partition coefficient (Wildman–Crippen LogP) is -0.0834. The van der Waals surface area contributed by atoms with Crippen LogP contribution in [0.2, 0.25) is 0 Å². The van der Waals surface area contributed by atoms with Crippen molar-refractivity contribution in [3.05, 3.63) is 0 Å². The monoisotopic (exact) mass is 215 g/mol. The molecular weight excluding hydrogens is 194 g/mol. The Labute approximate surface area is 90.5 Å². The van der Waals surface area contributed by atoms with Crippen LogP contribution in [0, 0.1) is 17.8 Å². The van der Waals surface area contributed by atoms with Gasteiger partial charge in [0.25, 0.3) is 0 Å². The van der Waals surface area contributed by atoms with Gasteiger partial charge in [-0.25, -0.2) is 0 Å². The van der Waals surface area contributed by atoms with Gasteiger partial charge < -0.3 is 15.9 Å². The fourth-order valence-electron chi connectivity index (χ4n) is 2.05. The average molecular weight is 215 g/mol. The standard InChI is InChI=1S/C11H21NO3/c1-5(2)8(12)10(14)6-7(9(6)13)11(3,4)15/h5-8,10,14-15H,12H2,1-4H3/t6?,7?,8-,10?/m0/s1. The molecule has 0 saturated heterocycles. The van der Waals surface area contributed by atoms with Crippen molar-refractivity contribution in [3.8, 4) is 0 Å². The lowest BCUT2D eigenvalue weighted by molar-refractivity contribution is -0.114. The molecule has 0 spiro atoms. The maximum absolute atomic E-state index is 11.5. The Hall–Kier alpha value is -0.450. The predicted molar refractivity (Wildman–Crippen MR) is 57.1 cm³/mol. The number of aliphatic hydroxyl groups is 2. The number of ketones is 1. The molecule has 4 heteroatoms. The summed E-state index contributed by atoms with van der Waals surface area (Å²) in [6, 6.07) is -0.411. The van der Waals surface area contributed by atoms with E-state index >= 15 is 0 Å². The van der Waals surface area contributed by atoms with Crippen LogP contribution in [0.25, 0.3) is 0 Å². The van der Waals surface area contributed by atoms with Gasteiger partial charge in [-0.2, -0.15) is 0 Å². The van der Waals surface area contributed by atoms with Gasteiger partial charge in [-0.3, -0.25) is 4.79 Å². The number of nitrogens with two attached hydrogens (primary N) is 1. The highest BCUT2D eigenvalue weighted by atomic mass is 16.3. The first kappa shape index (κ1) is 12.6. The summed E-state index contributed by atoms with van der Waals surface area (Å²) < 4.78 is 0. The molecule has 0 amide bonds. The molecule has 0 heterocycles. The van der Waals surface area contributed by atoms with E-state index in [0.717, 1.165) is 0 Å². The average Bonchev–Trinajstić information content (AvgIpc) is 2.73. The van der Waals surface area contributed by atoms with E-state index in [1.54, 1.807) is 13.8 Å². The lowest BCUT2D eigenvalue weighted by atomic mass is 9.92. The molecule has 0 radical (unpaired) electrons. The van der Waals surface area contributed by atoms with Crippen molar-refractivity contribution < 1.29 is 15.0 Å². The van der Waals surface area contributed by atoms with E-state index in [1.807, 2.05) is 13.8 Å². The zero-order valence-electron chi connectivity index (χ0n) is 9.77. The Morgan fingerprint density at radius 3 is 2.13 bits per heavy atom. The minimum Gasteiger partial charge on any atom is -0.391 e. The van der Waals surface area contributed by atoms with Crippen LogP contribution in [-0.2, 0) is 4.79 Å². The van der Waals surface area contributed by atoms with Crippen LogP contribution < -0.4 is 5.73 Å². The second-order valence-corrected chi connectivity index (χ2v) is 5.37. The second-order valence-electron chi connectivity index (χ2n) is 5.37. The Balaban J connectivity index is 2.66. The van der Waals surface area contributed by atoms with Gasteiger partial charge in [0.1, 0.15) is 5.78 Å². The highest BCUT2D eigenvalue weighted by Crippen LogP contribution is 2.45. The number of aliphatic hydroxyl groups excluding tert-OH is 1. The van der Waals surface area contributed by atoms with E-state index in [4.69, 9.17) is 5.73 Å². The van der Waals surface area contributed by atoms with Crippen LogP contribution in [0.5, 0.6) is 0 Å². The molecule has 4 atom stereocenters. The van der Waals surface area contributed by atoms with Crippen molar-refractivity contribution >= 4 is 5.78 Å². The molecule has 1 rings (SSSR count). The molecular formula is C11H21NO3. The molecule has 88 valence electrons. The van der Waals surface area contributed by atoms with Crippen molar-refractivity contribution in [2.45, 2.75) is 45.4 Å². The van der Waals surface area contributed by atoms with Crippen LogP contribution in [0.15, 0.2) is 0 Å². The Bertz CT molecular complexity index is 257. The highest BCUT2D eigenvalue weighted by molar-refractivity contribution is 6.01. The van der Waals surface area contributed by atoms with Crippen LogP contribution in [-0.4, -0.2) is 33.7 Å². The van der Waals surface area contributed by atoms with Crippen LogP contribution >= 0.6 is 0 Å². The van der Waals surface area contributed by atoms with E-state index in [9.17, 15) is 15.0 Å². The fraction of sp³-hybridized carbons (Fsp3) is 0.909. The molecule has 4 N–H and O–H groups in total. The van der Waals surface area contributed by atoms with Crippen molar-refractivity contribution in [3.63, 3.8) is 0 Å². The summed E-state index contributed by atoms with van der Waals surface area (Å²) in [5.41, 5.74) is 4.73. The molecule has 0 bridgehead atoms. The van der Waals surface area contributed by atoms with E-state index in [1.165, 1.54) is 0 Å². The summed E-state index contributed by atoms with van der Waals surface area (Å²) in [6.07, 6.45) is -0.839. The van der Waals surface area contributed by atoms with Gasteiger partial charge in [0, 0.05) is 6.04 Å². The molecule has 0 aromatic rings. The van der Waals surface area contributed by atoms with Gasteiger partial charge in [0.05, 0.1) is 23.5 Å². The zero-order chi connectivity index (χ0) is 12.0. The summed E-state index contributed by atoms with van der Waals surface area (Å²) in [4.78, 5) is 11.5. The minimum absolute atomic E-state index is 0.0777. The van der Waals surface area contributed by atoms with Crippen molar-refractivity contribution in [1.82, 2.24) is 0 Å². The second kappa shape index (κ2) is 3.85. The number of carbonyl (C=O) groups excluding carboxylic acids is 1. The molecule has 0 aliphatic heterocycles. The van der Waals surface area contributed by atoms with Crippen molar-refractivity contribution in [2.75, 3.05) is 0 Å². The maximum atomic E-state index is 11.5. The molecule has 1 aliphatic carbocycles. The maximum Gasteiger partial charge on any atom is 0.146 e. The molecule has 3 unspecified atom stereocenters. The molecule has 1 fully saturated rings. The molecule has 4 nitrogen and oxygen atoms in total. The van der Waals surface area contributed by atoms with Crippen LogP contribution in [0.1, 0.15) is 27.7 Å². The van der Waals surface area contributed by atoms with E-state index in [-0.39, 0.29) is 11.7 Å². The number of hydrogen-bond acceptors (Lipinski definition) is 4. The van der Waals surface area contributed by atoms with Crippen molar-refractivity contribution in [1.29, 1.82) is 0 Å². The molecule has 1 aliphatic rings. The first-order valence-electron chi connectivity index (χ1n) is 5.37. The summed E-state index contributed by atoms with van der Waals surface area (Å²) in [6.45, 7) is 6.98. The molecule has 15 heavy (non-hydrogen) atoms. The topological polar surface area (TPSA) is 83.5 Å². The normalized spacial score (nSPS) is 30.5. The lowest BCUT2D eigenvalue weighted by Crippen LogP contribution is -2.42. The largest absolute Gasteiger partial charge is 0.391 e. The first-order valence-corrected chi connectivity index (χ1v) is 5.37. The molecule has 1 saturated carbocycles. The third kappa shape index (κ3) is 2.38. The summed E-state index contributed by atoms with van der Waals surface area (Å²) in [5, 5.41) is 19.6. The number of rotatable bonds is 4. The lowest BCUT2D eigenvalue weighted by Gasteiger charge is -2.23. The molecule has 0 aromatic carbocycles. The first-order chi connectivity index (χ1) is 6.68. The SMILES string of the molecule is CC(C)[C@H](N)C(O)C1C(=O)C1C(C)(C)O. The quantitative estimate of drug-likeness (QED) is 0.612. The number of Topliss-reactive ketones (excluding diaryl/α,β-unsaturated/α-hetero) is 1. The van der Waals surface area contributed by atoms with E-state index in [2.05, 4.69) is 0 Å². The highest BCUT2D eigenvalue weighted by Gasteiger charge is 2.60. The molecule has 0 aromatic heterocycles. The fourth-order valence-corrected chi connectivity index (χ4v) is 2.05. The van der Waals surface area contributed by atoms with Gasteiger partial charge in [0.2, 0.25) is 0 Å². The van der Waals surface area contributed by atoms with Gasteiger partial charge in [-0.15, -0.1) is 0 Å². The van der Waals surface area contributed by atoms with Gasteiger partial charge in [-0.1, -0.05) is 13.8 Å². The number of hydrogen-bond donors (Lipinski definition) is 3. The summed E-state index contributed by atoms with van der Waals surface area (Å²) in [5.74, 6) is -0.901. The Kier molecular flexibility index (Phi) is 3.24. The third-order valence-corrected chi connectivity index (χ3v) is 3.18. The van der Waals surface area contributed by atoms with Gasteiger partial charge >= 0.3 is 0 Å². The van der Waals surface area contributed by atoms with Gasteiger partial charge in [0.15, 0.2) is 0 Å². The smallest absolute Gasteiger partial charge is 0.146 e. The zero-order valence-corrected chi connectivity index (χ0v) is 9.77. The van der Waals surface area contributed by atoms with E-state index in [0.29, 0.717) is 0 Å². The Morgan fingerprint density at radius 1 is 1.40 bits per heavy atom. The van der Waals surface area contributed by atoms with E-state index < -0.39 is 29.6 Å². The number of carbonyl (C=O) groups is 1. The summed E-state index contributed by atoms with van der Waals surface area (Å²) >= 11 is 0. The van der Waals surface area contributed by atoms with Gasteiger partial charge in [-0.05, 0) is 19.8 Å². The van der Waals surface area contributed by atoms with Crippen LogP contribution in [0.3, 0.4) is 0 Å². The minimum atomic E-state index is -1.06. The summed E-state index contributed by atoms with van der Waals surface area (Å²) in [7, 11) is 0. The van der Waals surface area contributed by atoms with Crippen molar-refractivity contribution in [2.24, 2.45) is 23.5 Å². The van der Waals surface area contributed by atoms with Crippen LogP contribution in [0.4, 0.5) is 0 Å². The Morgan fingerprint density at radius 2 is 1.87 bits per heavy atom. The third-order valence-electron chi connectivity index (χ3n) is 3.18.